The molecule has 0 aliphatic rings. The van der Waals surface area contributed by atoms with E-state index < -0.39 is 0 Å². The fourth-order valence-corrected chi connectivity index (χ4v) is 1.60. The lowest BCUT2D eigenvalue weighted by Crippen LogP contribution is -2.43. The van der Waals surface area contributed by atoms with E-state index in [9.17, 15) is 4.79 Å². The SMILES string of the molecule is CCC(=O)OCC(C)(C)NCc1ccccc1OC. The standard InChI is InChI=1S/C15H23NO3/c1-5-14(17)19-11-15(2,3)16-10-12-8-6-7-9-13(12)18-4/h6-9,16H,5,10-11H2,1-4H3. The Morgan fingerprint density at radius 1 is 1.32 bits per heavy atom. The van der Waals surface area contributed by atoms with Crippen LogP contribution in [0.1, 0.15) is 32.8 Å². The molecule has 4 heteroatoms. The number of para-hydroxylation sites is 1. The van der Waals surface area contributed by atoms with E-state index in [0.29, 0.717) is 19.6 Å². The number of carbonyl (C=O) groups excluding carboxylic acids is 1. The molecule has 19 heavy (non-hydrogen) atoms. The Morgan fingerprint density at radius 2 is 2.00 bits per heavy atom. The van der Waals surface area contributed by atoms with Crippen molar-refractivity contribution in [2.45, 2.75) is 39.3 Å². The van der Waals surface area contributed by atoms with Gasteiger partial charge in [0, 0.05) is 24.1 Å². The molecule has 0 bridgehead atoms. The molecule has 0 heterocycles. The van der Waals surface area contributed by atoms with Crippen LogP contribution in [-0.2, 0) is 16.1 Å². The summed E-state index contributed by atoms with van der Waals surface area (Å²) in [5, 5.41) is 3.37. The topological polar surface area (TPSA) is 47.6 Å². The number of methoxy groups -OCH3 is 1. The fraction of sp³-hybridized carbons (Fsp3) is 0.533. The summed E-state index contributed by atoms with van der Waals surface area (Å²) in [7, 11) is 1.66. The second kappa shape index (κ2) is 7.14. The molecule has 0 amide bonds. The number of rotatable bonds is 7. The smallest absolute Gasteiger partial charge is 0.305 e. The van der Waals surface area contributed by atoms with E-state index in [-0.39, 0.29) is 11.5 Å². The van der Waals surface area contributed by atoms with Gasteiger partial charge in [0.05, 0.1) is 7.11 Å². The number of hydrogen-bond donors (Lipinski definition) is 1. The Bertz CT molecular complexity index is 416. The highest BCUT2D eigenvalue weighted by atomic mass is 16.5. The first kappa shape index (κ1) is 15.5. The van der Waals surface area contributed by atoms with Crippen molar-refractivity contribution >= 4 is 5.97 Å². The van der Waals surface area contributed by atoms with Crippen LogP contribution in [0.2, 0.25) is 0 Å². The van der Waals surface area contributed by atoms with Crippen LogP contribution in [0.3, 0.4) is 0 Å². The number of nitrogens with one attached hydrogen (secondary N) is 1. The van der Waals surface area contributed by atoms with Crippen LogP contribution in [0, 0.1) is 0 Å². The van der Waals surface area contributed by atoms with E-state index in [1.807, 2.05) is 38.1 Å². The molecule has 0 saturated carbocycles. The number of esters is 1. The van der Waals surface area contributed by atoms with Crippen LogP contribution in [0.25, 0.3) is 0 Å². The van der Waals surface area contributed by atoms with Gasteiger partial charge in [-0.05, 0) is 19.9 Å². The minimum atomic E-state index is -0.272. The molecule has 0 aliphatic carbocycles. The van der Waals surface area contributed by atoms with Crippen LogP contribution in [-0.4, -0.2) is 25.2 Å². The van der Waals surface area contributed by atoms with Gasteiger partial charge in [0.1, 0.15) is 12.4 Å². The van der Waals surface area contributed by atoms with Gasteiger partial charge in [0.2, 0.25) is 0 Å². The van der Waals surface area contributed by atoms with Crippen LogP contribution in [0.5, 0.6) is 5.75 Å². The molecule has 1 aromatic carbocycles. The van der Waals surface area contributed by atoms with E-state index in [0.717, 1.165) is 11.3 Å². The van der Waals surface area contributed by atoms with Crippen molar-refractivity contribution in [1.82, 2.24) is 5.32 Å². The van der Waals surface area contributed by atoms with Crippen molar-refractivity contribution < 1.29 is 14.3 Å². The molecular formula is C15H23NO3. The van der Waals surface area contributed by atoms with Crippen LogP contribution >= 0.6 is 0 Å². The first-order valence-electron chi connectivity index (χ1n) is 6.51. The predicted octanol–water partition coefficient (Wildman–Crippen LogP) is 2.52. The zero-order valence-corrected chi connectivity index (χ0v) is 12.2. The van der Waals surface area contributed by atoms with Crippen LogP contribution < -0.4 is 10.1 Å². The molecule has 1 N–H and O–H groups in total. The van der Waals surface area contributed by atoms with Crippen LogP contribution in [0.4, 0.5) is 0 Å². The van der Waals surface area contributed by atoms with Crippen molar-refractivity contribution in [3.05, 3.63) is 29.8 Å². The molecule has 0 atom stereocenters. The summed E-state index contributed by atoms with van der Waals surface area (Å²) >= 11 is 0. The Hall–Kier alpha value is -1.55. The summed E-state index contributed by atoms with van der Waals surface area (Å²) < 4.78 is 10.5. The van der Waals surface area contributed by atoms with E-state index in [1.54, 1.807) is 14.0 Å². The van der Waals surface area contributed by atoms with Crippen molar-refractivity contribution in [3.63, 3.8) is 0 Å². The maximum absolute atomic E-state index is 11.2. The van der Waals surface area contributed by atoms with Gasteiger partial charge in [-0.3, -0.25) is 4.79 Å². The molecule has 1 rings (SSSR count). The minimum Gasteiger partial charge on any atom is -0.496 e. The van der Waals surface area contributed by atoms with Gasteiger partial charge in [-0.15, -0.1) is 0 Å². The molecule has 0 aliphatic heterocycles. The van der Waals surface area contributed by atoms with Gasteiger partial charge in [-0.25, -0.2) is 0 Å². The molecule has 0 saturated heterocycles. The van der Waals surface area contributed by atoms with Crippen molar-refractivity contribution in [3.8, 4) is 5.75 Å². The summed E-state index contributed by atoms with van der Waals surface area (Å²) in [6.45, 7) is 6.82. The third-order valence-electron chi connectivity index (χ3n) is 2.83. The summed E-state index contributed by atoms with van der Waals surface area (Å²) in [6, 6.07) is 7.86. The average Bonchev–Trinajstić information content (AvgIpc) is 2.43. The highest BCUT2D eigenvalue weighted by molar-refractivity contribution is 5.68. The van der Waals surface area contributed by atoms with Crippen molar-refractivity contribution in [2.75, 3.05) is 13.7 Å². The maximum atomic E-state index is 11.2. The van der Waals surface area contributed by atoms with E-state index >= 15 is 0 Å². The van der Waals surface area contributed by atoms with Gasteiger partial charge >= 0.3 is 5.97 Å². The zero-order chi connectivity index (χ0) is 14.3. The highest BCUT2D eigenvalue weighted by Crippen LogP contribution is 2.18. The van der Waals surface area contributed by atoms with Gasteiger partial charge < -0.3 is 14.8 Å². The molecule has 0 aromatic heterocycles. The summed E-state index contributed by atoms with van der Waals surface area (Å²) in [4.78, 5) is 11.2. The number of hydrogen-bond acceptors (Lipinski definition) is 4. The maximum Gasteiger partial charge on any atom is 0.305 e. The third-order valence-corrected chi connectivity index (χ3v) is 2.83. The Kier molecular flexibility index (Phi) is 5.83. The summed E-state index contributed by atoms with van der Waals surface area (Å²) in [5.41, 5.74) is 0.811. The summed E-state index contributed by atoms with van der Waals surface area (Å²) in [5.74, 6) is 0.684. The Balaban J connectivity index is 2.52. The molecule has 0 unspecified atom stereocenters. The van der Waals surface area contributed by atoms with Crippen molar-refractivity contribution in [2.24, 2.45) is 0 Å². The quantitative estimate of drug-likeness (QED) is 0.770. The molecule has 0 radical (unpaired) electrons. The van der Waals surface area contributed by atoms with Crippen LogP contribution in [0.15, 0.2) is 24.3 Å². The largest absolute Gasteiger partial charge is 0.496 e. The molecule has 0 spiro atoms. The predicted molar refractivity (Wildman–Crippen MR) is 75.2 cm³/mol. The van der Waals surface area contributed by atoms with E-state index in [4.69, 9.17) is 9.47 Å². The monoisotopic (exact) mass is 265 g/mol. The highest BCUT2D eigenvalue weighted by Gasteiger charge is 2.19. The molecule has 1 aromatic rings. The molecule has 4 nitrogen and oxygen atoms in total. The first-order valence-corrected chi connectivity index (χ1v) is 6.51. The Morgan fingerprint density at radius 3 is 2.63 bits per heavy atom. The normalized spacial score (nSPS) is 11.2. The fourth-order valence-electron chi connectivity index (χ4n) is 1.60. The third kappa shape index (κ3) is 5.30. The van der Waals surface area contributed by atoms with Gasteiger partial charge in [0.25, 0.3) is 0 Å². The summed E-state index contributed by atoms with van der Waals surface area (Å²) in [6.07, 6.45) is 0.405. The number of ether oxygens (including phenoxy) is 2. The van der Waals surface area contributed by atoms with E-state index in [1.165, 1.54) is 0 Å². The van der Waals surface area contributed by atoms with E-state index in [2.05, 4.69) is 5.32 Å². The average molecular weight is 265 g/mol. The van der Waals surface area contributed by atoms with Gasteiger partial charge in [-0.2, -0.15) is 0 Å². The second-order valence-corrected chi connectivity index (χ2v) is 5.06. The van der Waals surface area contributed by atoms with Gasteiger partial charge in [-0.1, -0.05) is 25.1 Å². The zero-order valence-electron chi connectivity index (χ0n) is 12.2. The molecule has 0 fully saturated rings. The second-order valence-electron chi connectivity index (χ2n) is 5.06. The minimum absolute atomic E-state index is 0.174. The Labute approximate surface area is 115 Å². The van der Waals surface area contributed by atoms with Gasteiger partial charge in [0.15, 0.2) is 0 Å². The molecular weight excluding hydrogens is 242 g/mol. The lowest BCUT2D eigenvalue weighted by molar-refractivity contribution is -0.145. The first-order chi connectivity index (χ1) is 8.98. The molecule has 106 valence electrons. The lowest BCUT2D eigenvalue weighted by atomic mass is 10.1. The number of carbonyl (C=O) groups is 1. The van der Waals surface area contributed by atoms with Crippen molar-refractivity contribution in [1.29, 1.82) is 0 Å². The number of benzene rings is 1. The lowest BCUT2D eigenvalue weighted by Gasteiger charge is -2.26.